The first kappa shape index (κ1) is 33.9. The summed E-state index contributed by atoms with van der Waals surface area (Å²) in [6, 6.07) is 14.6. The number of nitrogens with one attached hydrogen (secondary N) is 2. The molecule has 3 heterocycles. The highest BCUT2D eigenvalue weighted by molar-refractivity contribution is 6.06. The van der Waals surface area contributed by atoms with Crippen LogP contribution in [0.5, 0.6) is 28.7 Å². The molecule has 1 aliphatic heterocycles. The van der Waals surface area contributed by atoms with Gasteiger partial charge in [0, 0.05) is 59.3 Å². The largest absolute Gasteiger partial charge is 0.493 e. The monoisotopic (exact) mass is 698 g/mol. The highest BCUT2D eigenvalue weighted by atomic mass is 19.1. The number of hydrogen-bond donors (Lipinski definition) is 3. The van der Waals surface area contributed by atoms with E-state index in [-0.39, 0.29) is 35.5 Å². The van der Waals surface area contributed by atoms with Crippen LogP contribution in [0.15, 0.2) is 77.9 Å². The summed E-state index contributed by atoms with van der Waals surface area (Å²) in [5, 5.41) is 16.3. The van der Waals surface area contributed by atoms with E-state index in [2.05, 4.69) is 15.6 Å². The molecule has 1 fully saturated rings. The van der Waals surface area contributed by atoms with Gasteiger partial charge in [0.25, 0.3) is 11.5 Å². The minimum absolute atomic E-state index is 0.0901. The number of amides is 1. The zero-order valence-electron chi connectivity index (χ0n) is 27.8. The topological polar surface area (TPSA) is 133 Å². The lowest BCUT2D eigenvalue weighted by molar-refractivity contribution is 0.102. The number of fused-ring (bicyclic) bond motifs is 2. The standard InChI is InChI=1S/C38H36F2N4O7/c1-48-33-19-28-30(20-34(33)49-15-2-13-41-24-5-9-27(45)17-24)42-14-11-31(28)51-32-10-6-25(18-29(32)40)43-37(46)35-36-22(12-16-50-36)21-44(38(35)47)26-7-3-23(39)4-8-26/h3-4,6-8,10-11,14,18-21,24,27,41,45H,2,5,9,12-13,15-17H2,1H3,(H,43,46). The molecule has 7 rings (SSSR count). The number of ether oxygens (including phenoxy) is 4. The molecule has 264 valence electrons. The smallest absolute Gasteiger partial charge is 0.271 e. The van der Waals surface area contributed by atoms with Crippen LogP contribution in [0.1, 0.15) is 41.6 Å². The summed E-state index contributed by atoms with van der Waals surface area (Å²) in [6.07, 6.45) is 6.71. The van der Waals surface area contributed by atoms with Crippen LogP contribution in [0.4, 0.5) is 14.5 Å². The number of rotatable bonds is 12. The SMILES string of the molecule is COc1cc2c(Oc3ccc(NC(=O)c4c5c(cn(-c6ccc(F)cc6)c4=O)CCO5)cc3F)ccnc2cc1OCCCNC1CCC(O)C1. The quantitative estimate of drug-likeness (QED) is 0.136. The average molecular weight is 699 g/mol. The maximum atomic E-state index is 15.5. The van der Waals surface area contributed by atoms with E-state index in [0.29, 0.717) is 58.5 Å². The van der Waals surface area contributed by atoms with Crippen LogP contribution in [0, 0.1) is 11.6 Å². The molecule has 0 saturated heterocycles. The van der Waals surface area contributed by atoms with Crippen LogP contribution in [0.25, 0.3) is 16.6 Å². The van der Waals surface area contributed by atoms with Gasteiger partial charge in [-0.25, -0.2) is 8.78 Å². The average Bonchev–Trinajstić information content (AvgIpc) is 3.77. The third-order valence-corrected chi connectivity index (χ3v) is 9.00. The summed E-state index contributed by atoms with van der Waals surface area (Å²) in [6.45, 7) is 1.49. The lowest BCUT2D eigenvalue weighted by atomic mass is 10.1. The van der Waals surface area contributed by atoms with Crippen LogP contribution in [0.2, 0.25) is 0 Å². The second-order valence-corrected chi connectivity index (χ2v) is 12.5. The van der Waals surface area contributed by atoms with Crippen LogP contribution >= 0.6 is 0 Å². The minimum Gasteiger partial charge on any atom is -0.493 e. The maximum Gasteiger partial charge on any atom is 0.271 e. The Balaban J connectivity index is 1.05. The molecule has 51 heavy (non-hydrogen) atoms. The fourth-order valence-corrected chi connectivity index (χ4v) is 6.42. The second-order valence-electron chi connectivity index (χ2n) is 12.5. The first-order chi connectivity index (χ1) is 24.8. The Morgan fingerprint density at radius 3 is 2.65 bits per heavy atom. The van der Waals surface area contributed by atoms with Crippen molar-refractivity contribution in [2.45, 2.75) is 44.2 Å². The van der Waals surface area contributed by atoms with Gasteiger partial charge in [-0.15, -0.1) is 0 Å². The van der Waals surface area contributed by atoms with Gasteiger partial charge in [-0.05, 0) is 80.8 Å². The molecule has 2 aromatic heterocycles. The summed E-state index contributed by atoms with van der Waals surface area (Å²) < 4.78 is 53.5. The van der Waals surface area contributed by atoms with Crippen molar-refractivity contribution in [2.24, 2.45) is 0 Å². The highest BCUT2D eigenvalue weighted by Gasteiger charge is 2.27. The molecule has 5 aromatic rings. The highest BCUT2D eigenvalue weighted by Crippen LogP contribution is 2.38. The lowest BCUT2D eigenvalue weighted by Gasteiger charge is -2.15. The molecule has 2 unspecified atom stereocenters. The second kappa shape index (κ2) is 14.8. The van der Waals surface area contributed by atoms with E-state index in [9.17, 15) is 19.1 Å². The fourth-order valence-electron chi connectivity index (χ4n) is 6.42. The number of benzene rings is 3. The molecule has 13 heteroatoms. The summed E-state index contributed by atoms with van der Waals surface area (Å²) in [5.74, 6) is -0.649. The Labute approximate surface area is 291 Å². The number of anilines is 1. The van der Waals surface area contributed by atoms with Gasteiger partial charge in [-0.1, -0.05) is 0 Å². The predicted octanol–water partition coefficient (Wildman–Crippen LogP) is 5.92. The molecule has 0 radical (unpaired) electrons. The molecule has 2 atom stereocenters. The predicted molar refractivity (Wildman–Crippen MR) is 186 cm³/mol. The van der Waals surface area contributed by atoms with Crippen LogP contribution < -0.4 is 35.1 Å². The first-order valence-electron chi connectivity index (χ1n) is 16.7. The van der Waals surface area contributed by atoms with Crippen molar-refractivity contribution >= 4 is 22.5 Å². The summed E-state index contributed by atoms with van der Waals surface area (Å²) in [4.78, 5) is 31.4. The Bertz CT molecular complexity index is 2140. The Kier molecular flexibility index (Phi) is 9.82. The Morgan fingerprint density at radius 1 is 1.04 bits per heavy atom. The molecular weight excluding hydrogens is 662 g/mol. The number of hydrogen-bond acceptors (Lipinski definition) is 9. The third-order valence-electron chi connectivity index (χ3n) is 9.00. The van der Waals surface area contributed by atoms with E-state index in [0.717, 1.165) is 38.3 Å². The molecular formula is C38H36F2N4O7. The van der Waals surface area contributed by atoms with Gasteiger partial charge >= 0.3 is 0 Å². The summed E-state index contributed by atoms with van der Waals surface area (Å²) in [7, 11) is 1.53. The van der Waals surface area contributed by atoms with Crippen LogP contribution in [0.3, 0.4) is 0 Å². The van der Waals surface area contributed by atoms with Crippen molar-refractivity contribution in [3.8, 4) is 34.4 Å². The van der Waals surface area contributed by atoms with Gasteiger partial charge in [-0.2, -0.15) is 0 Å². The van der Waals surface area contributed by atoms with Gasteiger partial charge in [0.2, 0.25) is 0 Å². The number of aliphatic hydroxyl groups excluding tert-OH is 1. The van der Waals surface area contributed by atoms with Gasteiger partial charge in [0.1, 0.15) is 22.9 Å². The zero-order chi connectivity index (χ0) is 35.5. The van der Waals surface area contributed by atoms with Gasteiger partial charge < -0.3 is 34.7 Å². The van der Waals surface area contributed by atoms with Crippen molar-refractivity contribution in [3.05, 3.63) is 106 Å². The molecule has 3 N–H and O–H groups in total. The number of aromatic nitrogens is 2. The van der Waals surface area contributed by atoms with E-state index in [1.807, 2.05) is 0 Å². The Hall–Kier alpha value is -5.53. The van der Waals surface area contributed by atoms with E-state index in [1.54, 1.807) is 30.6 Å². The van der Waals surface area contributed by atoms with Crippen molar-refractivity contribution in [1.29, 1.82) is 0 Å². The Morgan fingerprint density at radius 2 is 1.88 bits per heavy atom. The van der Waals surface area contributed by atoms with Crippen molar-refractivity contribution in [2.75, 3.05) is 32.2 Å². The van der Waals surface area contributed by atoms with Crippen molar-refractivity contribution in [3.63, 3.8) is 0 Å². The van der Waals surface area contributed by atoms with Crippen molar-refractivity contribution in [1.82, 2.24) is 14.9 Å². The molecule has 3 aromatic carbocycles. The van der Waals surface area contributed by atoms with Crippen LogP contribution in [-0.2, 0) is 6.42 Å². The molecule has 0 spiro atoms. The normalized spacial score (nSPS) is 16.5. The van der Waals surface area contributed by atoms with Gasteiger partial charge in [0.15, 0.2) is 23.1 Å². The first-order valence-corrected chi connectivity index (χ1v) is 16.7. The number of halogens is 2. The number of carbonyl (C=O) groups excluding carboxylic acids is 1. The number of aliphatic hydroxyl groups is 1. The van der Waals surface area contributed by atoms with Gasteiger partial charge in [0.05, 0.1) is 31.9 Å². The summed E-state index contributed by atoms with van der Waals surface area (Å²) >= 11 is 0. The van der Waals surface area contributed by atoms with E-state index in [4.69, 9.17) is 18.9 Å². The maximum absolute atomic E-state index is 15.5. The number of nitrogens with zero attached hydrogens (tertiary/aromatic N) is 2. The van der Waals surface area contributed by atoms with E-state index in [1.165, 1.54) is 48.1 Å². The molecule has 1 aliphatic carbocycles. The molecule has 11 nitrogen and oxygen atoms in total. The van der Waals surface area contributed by atoms with Crippen molar-refractivity contribution < 1.29 is 37.6 Å². The number of carbonyl (C=O) groups is 1. The number of methoxy groups -OCH3 is 1. The summed E-state index contributed by atoms with van der Waals surface area (Å²) in [5.41, 5.74) is 0.770. The molecule has 2 aliphatic rings. The fraction of sp³-hybridized carbons (Fsp3) is 0.289. The van der Waals surface area contributed by atoms with E-state index >= 15 is 4.39 Å². The van der Waals surface area contributed by atoms with E-state index < -0.39 is 23.1 Å². The van der Waals surface area contributed by atoms with Crippen LogP contribution in [-0.4, -0.2) is 59.6 Å². The lowest BCUT2D eigenvalue weighted by Crippen LogP contribution is -2.29. The molecule has 1 amide bonds. The third kappa shape index (κ3) is 7.35. The minimum atomic E-state index is -0.780. The molecule has 0 bridgehead atoms. The zero-order valence-corrected chi connectivity index (χ0v) is 27.8. The number of pyridine rings is 2. The van der Waals surface area contributed by atoms with Gasteiger partial charge in [-0.3, -0.25) is 19.1 Å². The molecule has 1 saturated carbocycles.